The molecule has 3 aromatic rings. The number of fused-ring (bicyclic) bond motifs is 3. The van der Waals surface area contributed by atoms with Gasteiger partial charge in [0, 0.05) is 17.2 Å². The summed E-state index contributed by atoms with van der Waals surface area (Å²) in [6.45, 7) is 6.58. The second-order valence-electron chi connectivity index (χ2n) is 6.80. The van der Waals surface area contributed by atoms with Gasteiger partial charge in [-0.3, -0.25) is 0 Å². The third-order valence-corrected chi connectivity index (χ3v) is 5.07. The number of pyridine rings is 1. The fraction of sp³-hybridized carbons (Fsp3) is 0.227. The Morgan fingerprint density at radius 1 is 0.783 bits per heavy atom. The second-order valence-corrected chi connectivity index (χ2v) is 6.80. The largest absolute Gasteiger partial charge is 0.212 e. The van der Waals surface area contributed by atoms with E-state index in [0.29, 0.717) is 0 Å². The minimum atomic E-state index is 1.06. The van der Waals surface area contributed by atoms with Crippen LogP contribution in [-0.4, -0.2) is 0 Å². The molecule has 0 amide bonds. The van der Waals surface area contributed by atoms with Crippen LogP contribution in [0.2, 0.25) is 0 Å². The maximum absolute atomic E-state index is 2.33. The Balaban J connectivity index is 1.89. The molecule has 0 saturated heterocycles. The van der Waals surface area contributed by atoms with Crippen LogP contribution in [0.15, 0.2) is 48.7 Å². The molecule has 1 nitrogen and oxygen atoms in total. The van der Waals surface area contributed by atoms with Gasteiger partial charge in [0.15, 0.2) is 6.20 Å². The Hall–Kier alpha value is -2.41. The Labute approximate surface area is 138 Å². The van der Waals surface area contributed by atoms with Gasteiger partial charge in [0.25, 0.3) is 0 Å². The molecule has 0 atom stereocenters. The van der Waals surface area contributed by atoms with Gasteiger partial charge in [0.05, 0.1) is 0 Å². The minimum absolute atomic E-state index is 1.06. The van der Waals surface area contributed by atoms with Gasteiger partial charge in [0.2, 0.25) is 5.69 Å². The molecule has 0 N–H and O–H groups in total. The summed E-state index contributed by atoms with van der Waals surface area (Å²) in [4.78, 5) is 0. The third-order valence-electron chi connectivity index (χ3n) is 5.07. The molecule has 1 heterocycles. The Morgan fingerprint density at radius 2 is 1.48 bits per heavy atom. The minimum Gasteiger partial charge on any atom is -0.201 e. The van der Waals surface area contributed by atoms with Crippen LogP contribution in [0.1, 0.15) is 27.8 Å². The van der Waals surface area contributed by atoms with E-state index in [2.05, 4.69) is 81.0 Å². The molecule has 0 bridgehead atoms. The van der Waals surface area contributed by atoms with Crippen molar-refractivity contribution < 1.29 is 4.57 Å². The first-order chi connectivity index (χ1) is 11.0. The van der Waals surface area contributed by atoms with Gasteiger partial charge < -0.3 is 0 Å². The summed E-state index contributed by atoms with van der Waals surface area (Å²) in [7, 11) is 2.13. The SMILES string of the molecule is Cc1ccc2c(c1)Cc1c-2ccc(-c2ccc(C)c[n+]2C)c1C. The summed E-state index contributed by atoms with van der Waals surface area (Å²) in [5, 5.41) is 0. The molecule has 0 unspecified atom stereocenters. The molecule has 1 aromatic heterocycles. The van der Waals surface area contributed by atoms with Crippen LogP contribution in [0.3, 0.4) is 0 Å². The zero-order valence-corrected chi connectivity index (χ0v) is 14.3. The number of nitrogens with zero attached hydrogens (tertiary/aromatic N) is 1. The quantitative estimate of drug-likeness (QED) is 0.450. The second kappa shape index (κ2) is 5.06. The van der Waals surface area contributed by atoms with Crippen molar-refractivity contribution in [3.8, 4) is 22.4 Å². The molecule has 0 spiro atoms. The van der Waals surface area contributed by atoms with Crippen LogP contribution in [0, 0.1) is 20.8 Å². The predicted octanol–water partition coefficient (Wildman–Crippen LogP) is 4.67. The van der Waals surface area contributed by atoms with Crippen molar-refractivity contribution in [3.05, 3.63) is 76.5 Å². The highest BCUT2D eigenvalue weighted by molar-refractivity contribution is 5.82. The molecule has 114 valence electrons. The molecule has 2 aromatic carbocycles. The van der Waals surface area contributed by atoms with Crippen LogP contribution in [0.5, 0.6) is 0 Å². The van der Waals surface area contributed by atoms with Gasteiger partial charge in [-0.05, 0) is 67.1 Å². The molecule has 1 aliphatic rings. The number of aryl methyl sites for hydroxylation is 3. The maximum Gasteiger partial charge on any atom is 0.212 e. The van der Waals surface area contributed by atoms with E-state index >= 15 is 0 Å². The molecular weight excluding hydrogens is 278 g/mol. The highest BCUT2D eigenvalue weighted by atomic mass is 14.9. The van der Waals surface area contributed by atoms with Gasteiger partial charge >= 0.3 is 0 Å². The molecular formula is C22H22N+. The first kappa shape index (κ1) is 14.2. The number of aromatic nitrogens is 1. The molecule has 23 heavy (non-hydrogen) atoms. The summed E-state index contributed by atoms with van der Waals surface area (Å²) in [5.74, 6) is 0. The smallest absolute Gasteiger partial charge is 0.201 e. The lowest BCUT2D eigenvalue weighted by molar-refractivity contribution is -0.660. The highest BCUT2D eigenvalue weighted by Gasteiger charge is 2.23. The standard InChI is InChI=1S/C22H22N/c1-14-5-7-19-17(11-14)12-21-16(3)18(8-9-20(19)21)22-10-6-15(2)13-23(22)4/h5-11,13H,12H2,1-4H3/q+1. The lowest BCUT2D eigenvalue weighted by Crippen LogP contribution is -2.31. The van der Waals surface area contributed by atoms with E-state index in [1.807, 2.05) is 0 Å². The summed E-state index contributed by atoms with van der Waals surface area (Å²) in [6, 6.07) is 15.8. The van der Waals surface area contributed by atoms with Crippen molar-refractivity contribution in [3.63, 3.8) is 0 Å². The molecule has 4 rings (SSSR count). The van der Waals surface area contributed by atoms with Crippen molar-refractivity contribution in [2.75, 3.05) is 0 Å². The monoisotopic (exact) mass is 300 g/mol. The Morgan fingerprint density at radius 3 is 2.26 bits per heavy atom. The van der Waals surface area contributed by atoms with Crippen LogP contribution in [0.4, 0.5) is 0 Å². The lowest BCUT2D eigenvalue weighted by Gasteiger charge is -2.10. The van der Waals surface area contributed by atoms with Crippen LogP contribution >= 0.6 is 0 Å². The summed E-state index contributed by atoms with van der Waals surface area (Å²) in [5.41, 5.74) is 12.5. The van der Waals surface area contributed by atoms with Crippen molar-refractivity contribution in [2.45, 2.75) is 27.2 Å². The molecule has 1 heteroatoms. The van der Waals surface area contributed by atoms with Gasteiger partial charge in [-0.2, -0.15) is 0 Å². The van der Waals surface area contributed by atoms with E-state index in [0.717, 1.165) is 6.42 Å². The van der Waals surface area contributed by atoms with Crippen LogP contribution in [-0.2, 0) is 13.5 Å². The zero-order chi connectivity index (χ0) is 16.1. The van der Waals surface area contributed by atoms with Gasteiger partial charge in [-0.15, -0.1) is 0 Å². The van der Waals surface area contributed by atoms with Crippen molar-refractivity contribution in [2.24, 2.45) is 7.05 Å². The number of hydrogen-bond donors (Lipinski definition) is 0. The van der Waals surface area contributed by atoms with Crippen molar-refractivity contribution in [1.29, 1.82) is 0 Å². The van der Waals surface area contributed by atoms with E-state index in [1.54, 1.807) is 0 Å². The third kappa shape index (κ3) is 2.19. The van der Waals surface area contributed by atoms with E-state index < -0.39 is 0 Å². The summed E-state index contributed by atoms with van der Waals surface area (Å²) >= 11 is 0. The van der Waals surface area contributed by atoms with Gasteiger partial charge in [-0.25, -0.2) is 4.57 Å². The van der Waals surface area contributed by atoms with Crippen LogP contribution in [0.25, 0.3) is 22.4 Å². The van der Waals surface area contributed by atoms with Crippen molar-refractivity contribution in [1.82, 2.24) is 0 Å². The molecule has 0 aliphatic heterocycles. The van der Waals surface area contributed by atoms with E-state index in [4.69, 9.17) is 0 Å². The first-order valence-electron chi connectivity index (χ1n) is 8.23. The highest BCUT2D eigenvalue weighted by Crippen LogP contribution is 2.41. The first-order valence-corrected chi connectivity index (χ1v) is 8.23. The van der Waals surface area contributed by atoms with Crippen LogP contribution < -0.4 is 4.57 Å². The molecule has 0 radical (unpaired) electrons. The Kier molecular flexibility index (Phi) is 3.12. The molecule has 0 saturated carbocycles. The van der Waals surface area contributed by atoms with E-state index in [-0.39, 0.29) is 0 Å². The predicted molar refractivity (Wildman–Crippen MR) is 95.5 cm³/mol. The normalized spacial score (nSPS) is 12.2. The molecule has 0 fully saturated rings. The average Bonchev–Trinajstić information content (AvgIpc) is 2.87. The summed E-state index contributed by atoms with van der Waals surface area (Å²) in [6.07, 6.45) is 3.25. The van der Waals surface area contributed by atoms with E-state index in [1.165, 1.54) is 50.2 Å². The fourth-order valence-corrected chi connectivity index (χ4v) is 3.86. The Bertz CT molecular complexity index is 935. The lowest BCUT2D eigenvalue weighted by atomic mass is 9.95. The maximum atomic E-state index is 2.33. The van der Waals surface area contributed by atoms with Gasteiger partial charge in [0.1, 0.15) is 7.05 Å². The number of rotatable bonds is 1. The van der Waals surface area contributed by atoms with E-state index in [9.17, 15) is 0 Å². The zero-order valence-electron chi connectivity index (χ0n) is 14.3. The average molecular weight is 300 g/mol. The summed E-state index contributed by atoms with van der Waals surface area (Å²) < 4.78 is 2.23. The topological polar surface area (TPSA) is 3.88 Å². The number of hydrogen-bond acceptors (Lipinski definition) is 0. The van der Waals surface area contributed by atoms with Gasteiger partial charge in [-0.1, -0.05) is 29.8 Å². The molecule has 1 aliphatic carbocycles. The van der Waals surface area contributed by atoms with Crippen molar-refractivity contribution >= 4 is 0 Å². The number of benzene rings is 2. The fourth-order valence-electron chi connectivity index (χ4n) is 3.86.